The van der Waals surface area contributed by atoms with Gasteiger partial charge in [-0.25, -0.2) is 0 Å². The maximum Gasteiger partial charge on any atom is 0.142 e. The summed E-state index contributed by atoms with van der Waals surface area (Å²) in [5, 5.41) is 10.3. The summed E-state index contributed by atoms with van der Waals surface area (Å²) >= 11 is 6.21. The fourth-order valence-electron chi connectivity index (χ4n) is 2.74. The summed E-state index contributed by atoms with van der Waals surface area (Å²) < 4.78 is 0. The molecule has 0 aliphatic carbocycles. The quantitative estimate of drug-likeness (QED) is 0.781. The summed E-state index contributed by atoms with van der Waals surface area (Å²) in [5.41, 5.74) is 4.45. The zero-order valence-electron chi connectivity index (χ0n) is 11.3. The molecule has 0 fully saturated rings. The van der Waals surface area contributed by atoms with Crippen molar-refractivity contribution in [2.24, 2.45) is 0 Å². The number of nitrogens with zero attached hydrogens (tertiary/aromatic N) is 2. The molecule has 0 aromatic heterocycles. The van der Waals surface area contributed by atoms with Crippen LogP contribution in [0.5, 0.6) is 0 Å². The standard InChI is InChI=1S/C17H15ClN2/c1-12-6-7-14(10-16(12)18)20-9-8-13-4-2-3-5-15(13)17(20)11-19/h2-7,10,17H,8-9H2,1H3. The molecular formula is C17H15ClN2. The third-order valence-electron chi connectivity index (χ3n) is 3.89. The molecule has 0 spiro atoms. The number of fused-ring (bicyclic) bond motifs is 1. The summed E-state index contributed by atoms with van der Waals surface area (Å²) in [6, 6.07) is 16.4. The third-order valence-corrected chi connectivity index (χ3v) is 4.30. The molecule has 20 heavy (non-hydrogen) atoms. The van der Waals surface area contributed by atoms with Crippen molar-refractivity contribution in [3.63, 3.8) is 0 Å². The second-order valence-corrected chi connectivity index (χ2v) is 5.51. The number of hydrogen-bond donors (Lipinski definition) is 0. The zero-order valence-corrected chi connectivity index (χ0v) is 12.1. The topological polar surface area (TPSA) is 27.0 Å². The average molecular weight is 283 g/mol. The highest BCUT2D eigenvalue weighted by Gasteiger charge is 2.27. The van der Waals surface area contributed by atoms with E-state index in [0.717, 1.165) is 34.8 Å². The first-order valence-electron chi connectivity index (χ1n) is 6.71. The van der Waals surface area contributed by atoms with E-state index in [4.69, 9.17) is 11.6 Å². The Bertz CT molecular complexity index is 688. The van der Waals surface area contributed by atoms with Crippen LogP contribution >= 0.6 is 11.6 Å². The average Bonchev–Trinajstić information content (AvgIpc) is 2.49. The molecule has 2 aromatic rings. The number of hydrogen-bond acceptors (Lipinski definition) is 2. The highest BCUT2D eigenvalue weighted by Crippen LogP contribution is 2.34. The van der Waals surface area contributed by atoms with Crippen LogP contribution in [0.4, 0.5) is 5.69 Å². The van der Waals surface area contributed by atoms with Crippen LogP contribution < -0.4 is 4.90 Å². The molecule has 100 valence electrons. The first-order chi connectivity index (χ1) is 9.70. The molecule has 3 rings (SSSR count). The summed E-state index contributed by atoms with van der Waals surface area (Å²) in [7, 11) is 0. The van der Waals surface area contributed by atoms with Gasteiger partial charge in [-0.05, 0) is 42.2 Å². The van der Waals surface area contributed by atoms with Gasteiger partial charge in [0.25, 0.3) is 0 Å². The van der Waals surface area contributed by atoms with E-state index >= 15 is 0 Å². The van der Waals surface area contributed by atoms with E-state index in [9.17, 15) is 5.26 Å². The largest absolute Gasteiger partial charge is 0.352 e. The minimum atomic E-state index is -0.237. The SMILES string of the molecule is Cc1ccc(N2CCc3ccccc3C2C#N)cc1Cl. The van der Waals surface area contributed by atoms with Crippen LogP contribution in [-0.2, 0) is 6.42 Å². The number of benzene rings is 2. The zero-order chi connectivity index (χ0) is 14.1. The molecule has 0 N–H and O–H groups in total. The van der Waals surface area contributed by atoms with Gasteiger partial charge >= 0.3 is 0 Å². The first kappa shape index (κ1) is 13.0. The third kappa shape index (κ3) is 2.15. The molecule has 1 aliphatic heterocycles. The molecule has 1 heterocycles. The van der Waals surface area contributed by atoms with E-state index in [1.807, 2.05) is 43.3 Å². The number of rotatable bonds is 1. The Morgan fingerprint density at radius 3 is 2.80 bits per heavy atom. The van der Waals surface area contributed by atoms with Gasteiger partial charge in [0.15, 0.2) is 0 Å². The van der Waals surface area contributed by atoms with Gasteiger partial charge in [0.05, 0.1) is 6.07 Å². The van der Waals surface area contributed by atoms with Crippen LogP contribution in [0, 0.1) is 18.3 Å². The maximum atomic E-state index is 9.57. The molecular weight excluding hydrogens is 268 g/mol. The van der Waals surface area contributed by atoms with Gasteiger partial charge < -0.3 is 4.90 Å². The van der Waals surface area contributed by atoms with Crippen LogP contribution in [0.3, 0.4) is 0 Å². The fourth-order valence-corrected chi connectivity index (χ4v) is 2.92. The van der Waals surface area contributed by atoms with Crippen molar-refractivity contribution in [2.75, 3.05) is 11.4 Å². The number of aryl methyl sites for hydroxylation is 1. The lowest BCUT2D eigenvalue weighted by Crippen LogP contribution is -2.34. The van der Waals surface area contributed by atoms with Gasteiger partial charge in [0, 0.05) is 17.3 Å². The summed E-state index contributed by atoms with van der Waals surface area (Å²) in [4.78, 5) is 2.13. The fraction of sp³-hybridized carbons (Fsp3) is 0.235. The Balaban J connectivity index is 2.03. The second-order valence-electron chi connectivity index (χ2n) is 5.11. The predicted molar refractivity (Wildman–Crippen MR) is 82.0 cm³/mol. The molecule has 0 saturated carbocycles. The maximum absolute atomic E-state index is 9.57. The molecule has 3 heteroatoms. The second kappa shape index (κ2) is 5.19. The van der Waals surface area contributed by atoms with Crippen molar-refractivity contribution < 1.29 is 0 Å². The molecule has 0 saturated heterocycles. The molecule has 0 amide bonds. The number of nitriles is 1. The van der Waals surface area contributed by atoms with E-state index in [-0.39, 0.29) is 6.04 Å². The van der Waals surface area contributed by atoms with Crippen LogP contribution in [-0.4, -0.2) is 6.54 Å². The first-order valence-corrected chi connectivity index (χ1v) is 7.08. The lowest BCUT2D eigenvalue weighted by molar-refractivity contribution is 0.676. The Morgan fingerprint density at radius 2 is 2.05 bits per heavy atom. The summed E-state index contributed by atoms with van der Waals surface area (Å²) in [5.74, 6) is 0. The van der Waals surface area contributed by atoms with Crippen molar-refractivity contribution in [1.29, 1.82) is 5.26 Å². The van der Waals surface area contributed by atoms with E-state index in [1.54, 1.807) is 0 Å². The Hall–Kier alpha value is -1.98. The summed E-state index contributed by atoms with van der Waals surface area (Å²) in [6.45, 7) is 2.83. The molecule has 0 radical (unpaired) electrons. The number of anilines is 1. The van der Waals surface area contributed by atoms with Gasteiger partial charge in [-0.15, -0.1) is 0 Å². The lowest BCUT2D eigenvalue weighted by atomic mass is 9.93. The van der Waals surface area contributed by atoms with E-state index in [2.05, 4.69) is 17.0 Å². The smallest absolute Gasteiger partial charge is 0.142 e. The van der Waals surface area contributed by atoms with Crippen molar-refractivity contribution in [2.45, 2.75) is 19.4 Å². The monoisotopic (exact) mass is 282 g/mol. The molecule has 0 bridgehead atoms. The molecule has 1 atom stereocenters. The van der Waals surface area contributed by atoms with Crippen LogP contribution in [0.2, 0.25) is 5.02 Å². The van der Waals surface area contributed by atoms with Gasteiger partial charge in [-0.1, -0.05) is 41.9 Å². The van der Waals surface area contributed by atoms with E-state index < -0.39 is 0 Å². The van der Waals surface area contributed by atoms with E-state index in [1.165, 1.54) is 5.56 Å². The number of halogens is 1. The normalized spacial score (nSPS) is 17.4. The highest BCUT2D eigenvalue weighted by molar-refractivity contribution is 6.31. The molecule has 1 unspecified atom stereocenters. The van der Waals surface area contributed by atoms with Gasteiger partial charge in [-0.2, -0.15) is 5.26 Å². The molecule has 1 aliphatic rings. The van der Waals surface area contributed by atoms with E-state index in [0.29, 0.717) is 0 Å². The minimum absolute atomic E-state index is 0.237. The van der Waals surface area contributed by atoms with Crippen LogP contribution in [0.25, 0.3) is 0 Å². The van der Waals surface area contributed by atoms with Gasteiger partial charge in [0.1, 0.15) is 6.04 Å². The predicted octanol–water partition coefficient (Wildman–Crippen LogP) is 4.28. The Labute approximate surface area is 124 Å². The Kier molecular flexibility index (Phi) is 3.38. The van der Waals surface area contributed by atoms with Crippen molar-refractivity contribution in [1.82, 2.24) is 0 Å². The molecule has 2 aromatic carbocycles. The van der Waals surface area contributed by atoms with Gasteiger partial charge in [-0.3, -0.25) is 0 Å². The molecule has 2 nitrogen and oxygen atoms in total. The van der Waals surface area contributed by atoms with Crippen LogP contribution in [0.1, 0.15) is 22.7 Å². The van der Waals surface area contributed by atoms with Crippen molar-refractivity contribution in [3.8, 4) is 6.07 Å². The lowest BCUT2D eigenvalue weighted by Gasteiger charge is -2.35. The van der Waals surface area contributed by atoms with Crippen molar-refractivity contribution >= 4 is 17.3 Å². The highest BCUT2D eigenvalue weighted by atomic mass is 35.5. The van der Waals surface area contributed by atoms with Crippen molar-refractivity contribution in [3.05, 3.63) is 64.2 Å². The van der Waals surface area contributed by atoms with Gasteiger partial charge in [0.2, 0.25) is 0 Å². The minimum Gasteiger partial charge on any atom is -0.352 e. The summed E-state index contributed by atoms with van der Waals surface area (Å²) in [6.07, 6.45) is 0.958. The Morgan fingerprint density at radius 1 is 1.25 bits per heavy atom. The van der Waals surface area contributed by atoms with Crippen LogP contribution in [0.15, 0.2) is 42.5 Å².